The Labute approximate surface area is 146 Å². The predicted octanol–water partition coefficient (Wildman–Crippen LogP) is 1.64. The normalized spacial score (nSPS) is 15.2. The number of nitrogens with one attached hydrogen (secondary N) is 1. The highest BCUT2D eigenvalue weighted by molar-refractivity contribution is 5.95. The fourth-order valence-electron chi connectivity index (χ4n) is 2.95. The first-order valence-corrected chi connectivity index (χ1v) is 8.30. The van der Waals surface area contributed by atoms with Crippen molar-refractivity contribution in [2.24, 2.45) is 5.92 Å². The van der Waals surface area contributed by atoms with Gasteiger partial charge in [-0.15, -0.1) is 0 Å². The second kappa shape index (κ2) is 7.06. The van der Waals surface area contributed by atoms with Crippen LogP contribution in [0, 0.1) is 5.92 Å². The Morgan fingerprint density at radius 1 is 1.32 bits per heavy atom. The van der Waals surface area contributed by atoms with Gasteiger partial charge in [0.05, 0.1) is 5.69 Å². The molecule has 1 aliphatic rings. The van der Waals surface area contributed by atoms with Crippen LogP contribution in [0.5, 0.6) is 0 Å². The molecule has 0 bridgehead atoms. The van der Waals surface area contributed by atoms with Gasteiger partial charge >= 0.3 is 5.97 Å². The molecule has 0 aliphatic heterocycles. The summed E-state index contributed by atoms with van der Waals surface area (Å²) in [6.07, 6.45) is 2.37. The summed E-state index contributed by atoms with van der Waals surface area (Å²) in [5.41, 5.74) is 0.667. The van der Waals surface area contributed by atoms with Crippen molar-refractivity contribution in [1.29, 1.82) is 0 Å². The summed E-state index contributed by atoms with van der Waals surface area (Å²) in [6, 6.07) is 10.5. The fraction of sp³-hybridized carbons (Fsp3) is 0.389. The monoisotopic (exact) mass is 342 g/mol. The molecule has 1 aromatic carbocycles. The molecule has 1 fully saturated rings. The molecule has 7 heteroatoms. The van der Waals surface area contributed by atoms with Crippen LogP contribution in [0.25, 0.3) is 5.69 Å². The zero-order valence-corrected chi connectivity index (χ0v) is 14.3. The van der Waals surface area contributed by atoms with Crippen LogP contribution in [0.2, 0.25) is 0 Å². The van der Waals surface area contributed by atoms with Crippen LogP contribution in [-0.4, -0.2) is 58.3 Å². The maximum Gasteiger partial charge on any atom is 0.354 e. The molecule has 25 heavy (non-hydrogen) atoms. The molecule has 0 saturated heterocycles. The number of benzene rings is 1. The Balaban J connectivity index is 1.78. The van der Waals surface area contributed by atoms with E-state index in [-0.39, 0.29) is 17.3 Å². The first-order chi connectivity index (χ1) is 12.0. The molecule has 2 N–H and O–H groups in total. The number of carbonyl (C=O) groups excluding carboxylic acids is 1. The van der Waals surface area contributed by atoms with Gasteiger partial charge in [-0.2, -0.15) is 5.10 Å². The summed E-state index contributed by atoms with van der Waals surface area (Å²) in [4.78, 5) is 26.0. The van der Waals surface area contributed by atoms with E-state index in [1.165, 1.54) is 23.6 Å². The molecule has 0 radical (unpaired) electrons. The Morgan fingerprint density at radius 2 is 2.00 bits per heavy atom. The number of hydrogen-bond donors (Lipinski definition) is 2. The van der Waals surface area contributed by atoms with Crippen molar-refractivity contribution in [2.75, 3.05) is 20.6 Å². The summed E-state index contributed by atoms with van der Waals surface area (Å²) < 4.78 is 1.28. The molecule has 1 saturated carbocycles. The van der Waals surface area contributed by atoms with Gasteiger partial charge < -0.3 is 15.3 Å². The smallest absolute Gasteiger partial charge is 0.354 e. The van der Waals surface area contributed by atoms with Crippen LogP contribution in [-0.2, 0) is 0 Å². The maximum absolute atomic E-state index is 12.4. The van der Waals surface area contributed by atoms with Crippen LogP contribution in [0.4, 0.5) is 0 Å². The largest absolute Gasteiger partial charge is 0.477 e. The second-order valence-corrected chi connectivity index (χ2v) is 6.55. The molecule has 1 unspecified atom stereocenters. The zero-order valence-electron chi connectivity index (χ0n) is 14.3. The van der Waals surface area contributed by atoms with Gasteiger partial charge in [0, 0.05) is 18.7 Å². The Kier molecular flexibility index (Phi) is 4.85. The van der Waals surface area contributed by atoms with Crippen LogP contribution in [0.15, 0.2) is 36.4 Å². The molecular weight excluding hydrogens is 320 g/mol. The quantitative estimate of drug-likeness (QED) is 0.799. The van der Waals surface area contributed by atoms with E-state index in [0.29, 0.717) is 24.2 Å². The summed E-state index contributed by atoms with van der Waals surface area (Å²) in [5, 5.41) is 16.5. The van der Waals surface area contributed by atoms with Gasteiger partial charge in [-0.3, -0.25) is 4.79 Å². The van der Waals surface area contributed by atoms with Crippen molar-refractivity contribution < 1.29 is 14.7 Å². The maximum atomic E-state index is 12.4. The lowest BCUT2D eigenvalue weighted by atomic mass is 10.1. The van der Waals surface area contributed by atoms with E-state index in [9.17, 15) is 14.7 Å². The predicted molar refractivity (Wildman–Crippen MR) is 93.1 cm³/mol. The van der Waals surface area contributed by atoms with Crippen LogP contribution < -0.4 is 5.32 Å². The first kappa shape index (κ1) is 17.2. The van der Waals surface area contributed by atoms with E-state index in [1.54, 1.807) is 24.3 Å². The first-order valence-electron chi connectivity index (χ1n) is 8.30. The molecule has 2 aromatic rings. The van der Waals surface area contributed by atoms with Gasteiger partial charge in [0.25, 0.3) is 5.91 Å². The van der Waals surface area contributed by atoms with E-state index in [4.69, 9.17) is 0 Å². The average molecular weight is 342 g/mol. The van der Waals surface area contributed by atoms with E-state index >= 15 is 0 Å². The minimum atomic E-state index is -1.13. The number of aromatic carboxylic acids is 1. The molecule has 0 spiro atoms. The highest BCUT2D eigenvalue weighted by atomic mass is 16.4. The third kappa shape index (κ3) is 3.88. The van der Waals surface area contributed by atoms with Crippen LogP contribution in [0.1, 0.15) is 33.8 Å². The summed E-state index contributed by atoms with van der Waals surface area (Å²) >= 11 is 0. The second-order valence-electron chi connectivity index (χ2n) is 6.55. The molecule has 1 heterocycles. The van der Waals surface area contributed by atoms with Crippen molar-refractivity contribution in [3.8, 4) is 5.69 Å². The number of para-hydroxylation sites is 1. The molecule has 1 aromatic heterocycles. The number of carboxylic acids is 1. The third-order valence-corrected chi connectivity index (χ3v) is 4.46. The minimum absolute atomic E-state index is 0.0392. The molecule has 7 nitrogen and oxygen atoms in total. The number of carbonyl (C=O) groups is 2. The average Bonchev–Trinajstić information content (AvgIpc) is 3.31. The number of carboxylic acid groups (broad SMARTS) is 1. The molecule has 1 atom stereocenters. The van der Waals surface area contributed by atoms with Gasteiger partial charge in [-0.1, -0.05) is 18.2 Å². The highest BCUT2D eigenvalue weighted by Crippen LogP contribution is 2.34. The number of amides is 1. The van der Waals surface area contributed by atoms with Crippen molar-refractivity contribution in [3.05, 3.63) is 47.8 Å². The lowest BCUT2D eigenvalue weighted by Gasteiger charge is -2.24. The van der Waals surface area contributed by atoms with E-state index in [1.807, 2.05) is 20.2 Å². The van der Waals surface area contributed by atoms with Gasteiger partial charge in [0.15, 0.2) is 11.4 Å². The van der Waals surface area contributed by atoms with Crippen molar-refractivity contribution >= 4 is 11.9 Å². The molecule has 3 rings (SSSR count). The number of aromatic nitrogens is 2. The van der Waals surface area contributed by atoms with Gasteiger partial charge in [-0.25, -0.2) is 9.48 Å². The van der Waals surface area contributed by atoms with Crippen molar-refractivity contribution in [1.82, 2.24) is 20.0 Å². The van der Waals surface area contributed by atoms with E-state index in [2.05, 4.69) is 15.3 Å². The Hall–Kier alpha value is -2.67. The Morgan fingerprint density at radius 3 is 2.56 bits per heavy atom. The number of likely N-dealkylation sites (N-methyl/N-ethyl adjacent to an activating group) is 1. The number of rotatable bonds is 7. The molecular formula is C18H22N4O3. The lowest BCUT2D eigenvalue weighted by Crippen LogP contribution is -2.41. The Bertz CT molecular complexity index is 764. The lowest BCUT2D eigenvalue weighted by molar-refractivity contribution is 0.0686. The zero-order chi connectivity index (χ0) is 18.0. The minimum Gasteiger partial charge on any atom is -0.477 e. The standard InChI is InChI=1S/C18H22N4O3/c1-21(2)16(12-8-9-12)11-19-17(23)14-10-15(18(24)25)22(20-14)13-6-4-3-5-7-13/h3-7,10,12,16H,8-9,11H2,1-2H3,(H,19,23)(H,24,25). The summed E-state index contributed by atoms with van der Waals surface area (Å²) in [6.45, 7) is 0.525. The highest BCUT2D eigenvalue weighted by Gasteiger charge is 2.33. The fourth-order valence-corrected chi connectivity index (χ4v) is 2.95. The topological polar surface area (TPSA) is 87.5 Å². The third-order valence-electron chi connectivity index (χ3n) is 4.46. The molecule has 1 amide bonds. The van der Waals surface area contributed by atoms with Gasteiger partial charge in [0.1, 0.15) is 0 Å². The summed E-state index contributed by atoms with van der Waals surface area (Å²) in [5.74, 6) is -0.865. The molecule has 132 valence electrons. The van der Waals surface area contributed by atoms with Crippen molar-refractivity contribution in [3.63, 3.8) is 0 Å². The number of nitrogens with zero attached hydrogens (tertiary/aromatic N) is 3. The van der Waals surface area contributed by atoms with Crippen LogP contribution >= 0.6 is 0 Å². The summed E-state index contributed by atoms with van der Waals surface area (Å²) in [7, 11) is 4.00. The SMILES string of the molecule is CN(C)C(CNC(=O)c1cc(C(=O)O)n(-c2ccccc2)n1)C1CC1. The molecule has 1 aliphatic carbocycles. The van der Waals surface area contributed by atoms with E-state index < -0.39 is 5.97 Å². The van der Waals surface area contributed by atoms with Gasteiger partial charge in [0.2, 0.25) is 0 Å². The number of hydrogen-bond acceptors (Lipinski definition) is 4. The van der Waals surface area contributed by atoms with Crippen LogP contribution in [0.3, 0.4) is 0 Å². The van der Waals surface area contributed by atoms with Crippen molar-refractivity contribution in [2.45, 2.75) is 18.9 Å². The van der Waals surface area contributed by atoms with Gasteiger partial charge in [-0.05, 0) is 45.0 Å². The van der Waals surface area contributed by atoms with E-state index in [0.717, 1.165) is 0 Å².